The van der Waals surface area contributed by atoms with Crippen molar-refractivity contribution < 1.29 is 10.1 Å². The lowest BCUT2D eigenvalue weighted by molar-refractivity contribution is -0.730. The monoisotopic (exact) mass is 189 g/mol. The first-order valence-corrected chi connectivity index (χ1v) is 3.42. The topological polar surface area (TPSA) is 62.3 Å². The van der Waals surface area contributed by atoms with E-state index in [0.717, 1.165) is 10.6 Å². The zero-order chi connectivity index (χ0) is 9.30. The first kappa shape index (κ1) is 8.73. The van der Waals surface area contributed by atoms with Crippen LogP contribution in [0.15, 0.2) is 17.1 Å². The average Bonchev–Trinajstić information content (AvgIpc) is 1.99. The van der Waals surface area contributed by atoms with Gasteiger partial charge in [-0.05, 0) is 0 Å². The van der Waals surface area contributed by atoms with Crippen molar-refractivity contribution >= 4 is 17.3 Å². The predicted molar refractivity (Wildman–Crippen MR) is 41.8 cm³/mol. The second kappa shape index (κ2) is 2.94. The summed E-state index contributed by atoms with van der Waals surface area (Å²) < 4.78 is 1.11. The van der Waals surface area contributed by atoms with Crippen LogP contribution in [0.5, 0.6) is 0 Å². The summed E-state index contributed by atoms with van der Waals surface area (Å²) in [6.07, 6.45) is 1.18. The summed E-state index contributed by atoms with van der Waals surface area (Å²) in [4.78, 5) is 21.0. The van der Waals surface area contributed by atoms with E-state index < -0.39 is 5.56 Å². The van der Waals surface area contributed by atoms with Crippen molar-refractivity contribution in [1.82, 2.24) is 4.57 Å². The number of hydrogen-bond donors (Lipinski definition) is 1. The standard InChI is InChI=1S/C6H6ClN2O3/c1-8-3-4(9(11)12)2-5(7)6(8)10/h2-3H,1H3,(H,11,12)/q+1. The van der Waals surface area contributed by atoms with Crippen LogP contribution < -0.4 is 5.56 Å². The molecule has 1 heterocycles. The zero-order valence-corrected chi connectivity index (χ0v) is 6.95. The fourth-order valence-electron chi connectivity index (χ4n) is 0.759. The minimum absolute atomic E-state index is 0.0814. The van der Waals surface area contributed by atoms with E-state index in [9.17, 15) is 9.70 Å². The van der Waals surface area contributed by atoms with Crippen LogP contribution in [0.25, 0.3) is 0 Å². The molecule has 0 saturated carbocycles. The highest BCUT2D eigenvalue weighted by atomic mass is 35.5. The summed E-state index contributed by atoms with van der Waals surface area (Å²) in [7, 11) is 1.43. The minimum atomic E-state index is -0.415. The van der Waals surface area contributed by atoms with Crippen molar-refractivity contribution in [3.63, 3.8) is 0 Å². The zero-order valence-electron chi connectivity index (χ0n) is 6.19. The molecule has 0 aliphatic heterocycles. The lowest BCUT2D eigenvalue weighted by Crippen LogP contribution is -2.16. The predicted octanol–water partition coefficient (Wildman–Crippen LogP) is 0.838. The summed E-state index contributed by atoms with van der Waals surface area (Å²) in [5.74, 6) is 0. The fraction of sp³-hybridized carbons (Fsp3) is 0.167. The Bertz CT molecular complexity index is 359. The molecule has 0 radical (unpaired) electrons. The molecule has 0 fully saturated rings. The maximum Gasteiger partial charge on any atom is 0.334 e. The molecular formula is C6H6ClN2O3+. The number of aromatic nitrogens is 1. The van der Waals surface area contributed by atoms with Gasteiger partial charge < -0.3 is 4.57 Å². The third-order valence-electron chi connectivity index (χ3n) is 1.35. The number of halogens is 1. The molecule has 12 heavy (non-hydrogen) atoms. The molecule has 0 bridgehead atoms. The molecule has 0 aromatic carbocycles. The van der Waals surface area contributed by atoms with Gasteiger partial charge in [-0.25, -0.2) is 5.21 Å². The summed E-state index contributed by atoms with van der Waals surface area (Å²) in [5, 5.41) is 8.36. The van der Waals surface area contributed by atoms with E-state index in [1.807, 2.05) is 0 Å². The highest BCUT2D eigenvalue weighted by Crippen LogP contribution is 2.11. The van der Waals surface area contributed by atoms with Crippen molar-refractivity contribution in [3.8, 4) is 0 Å². The Labute approximate surface area is 72.3 Å². The van der Waals surface area contributed by atoms with Gasteiger partial charge in [0.15, 0.2) is 0 Å². The van der Waals surface area contributed by atoms with Gasteiger partial charge in [0.1, 0.15) is 5.02 Å². The van der Waals surface area contributed by atoms with Crippen LogP contribution >= 0.6 is 11.6 Å². The van der Waals surface area contributed by atoms with Gasteiger partial charge in [0, 0.05) is 13.1 Å². The van der Waals surface area contributed by atoms with Crippen molar-refractivity contribution in [3.05, 3.63) is 32.5 Å². The lowest BCUT2D eigenvalue weighted by Gasteiger charge is -1.94. The first-order chi connectivity index (χ1) is 5.52. The Kier molecular flexibility index (Phi) is 2.14. The third-order valence-corrected chi connectivity index (χ3v) is 1.62. The molecule has 6 heteroatoms. The van der Waals surface area contributed by atoms with Crippen molar-refractivity contribution in [2.45, 2.75) is 0 Å². The van der Waals surface area contributed by atoms with Gasteiger partial charge >= 0.3 is 5.69 Å². The summed E-state index contributed by atoms with van der Waals surface area (Å²) in [6, 6.07) is 1.09. The Morgan fingerprint density at radius 3 is 2.67 bits per heavy atom. The van der Waals surface area contributed by atoms with Gasteiger partial charge in [0.2, 0.25) is 0 Å². The number of pyridine rings is 1. The smallest absolute Gasteiger partial charge is 0.311 e. The molecule has 1 aromatic heterocycles. The second-order valence-electron chi connectivity index (χ2n) is 2.24. The quantitative estimate of drug-likeness (QED) is 0.666. The molecule has 0 unspecified atom stereocenters. The number of aryl methyl sites for hydroxylation is 1. The minimum Gasteiger partial charge on any atom is -0.311 e. The van der Waals surface area contributed by atoms with E-state index in [1.165, 1.54) is 13.2 Å². The normalized spacial score (nSPS) is 9.83. The van der Waals surface area contributed by atoms with E-state index in [4.69, 9.17) is 16.8 Å². The Balaban J connectivity index is 3.41. The fourth-order valence-corrected chi connectivity index (χ4v) is 1.00. The molecule has 64 valence electrons. The SMILES string of the molecule is Cn1cc([N+](=O)O)cc(Cl)c1=O. The molecule has 5 nitrogen and oxygen atoms in total. The van der Waals surface area contributed by atoms with Gasteiger partial charge in [-0.15, -0.1) is 0 Å². The van der Waals surface area contributed by atoms with E-state index in [-0.39, 0.29) is 15.6 Å². The van der Waals surface area contributed by atoms with E-state index in [2.05, 4.69) is 0 Å². The molecular weight excluding hydrogens is 184 g/mol. The van der Waals surface area contributed by atoms with Crippen LogP contribution in [0.3, 0.4) is 0 Å². The first-order valence-electron chi connectivity index (χ1n) is 3.04. The lowest BCUT2D eigenvalue weighted by atomic mass is 10.4. The highest BCUT2D eigenvalue weighted by molar-refractivity contribution is 6.30. The van der Waals surface area contributed by atoms with Crippen LogP contribution in [-0.2, 0) is 7.05 Å². The van der Waals surface area contributed by atoms with Gasteiger partial charge in [0.05, 0.1) is 11.1 Å². The van der Waals surface area contributed by atoms with Crippen molar-refractivity contribution in [2.75, 3.05) is 0 Å². The van der Waals surface area contributed by atoms with Crippen LogP contribution in [0, 0.1) is 4.91 Å². The molecule has 0 aliphatic rings. The van der Waals surface area contributed by atoms with Crippen LogP contribution in [0.4, 0.5) is 5.69 Å². The van der Waals surface area contributed by atoms with Gasteiger partial charge in [0.25, 0.3) is 10.5 Å². The van der Waals surface area contributed by atoms with Crippen molar-refractivity contribution in [2.24, 2.45) is 7.05 Å². The summed E-state index contributed by atoms with van der Waals surface area (Å²) in [5.41, 5.74) is -0.496. The van der Waals surface area contributed by atoms with E-state index in [1.54, 1.807) is 0 Å². The molecule has 1 aromatic rings. The Morgan fingerprint density at radius 2 is 2.25 bits per heavy atom. The Morgan fingerprint density at radius 1 is 1.67 bits per heavy atom. The Hall–Kier alpha value is -1.36. The maximum absolute atomic E-state index is 11.0. The maximum atomic E-state index is 11.0. The molecule has 0 atom stereocenters. The van der Waals surface area contributed by atoms with Crippen molar-refractivity contribution in [1.29, 1.82) is 0 Å². The van der Waals surface area contributed by atoms with Crippen LogP contribution in [0.2, 0.25) is 5.02 Å². The molecule has 0 amide bonds. The molecule has 1 N–H and O–H groups in total. The number of rotatable bonds is 1. The molecule has 0 spiro atoms. The largest absolute Gasteiger partial charge is 0.334 e. The van der Waals surface area contributed by atoms with E-state index >= 15 is 0 Å². The summed E-state index contributed by atoms with van der Waals surface area (Å²) >= 11 is 5.45. The van der Waals surface area contributed by atoms with E-state index in [0.29, 0.717) is 0 Å². The second-order valence-corrected chi connectivity index (χ2v) is 2.64. The molecule has 0 saturated heterocycles. The van der Waals surface area contributed by atoms with Gasteiger partial charge in [-0.2, -0.15) is 0 Å². The molecule has 1 rings (SSSR count). The summed E-state index contributed by atoms with van der Waals surface area (Å²) in [6.45, 7) is 0. The van der Waals surface area contributed by atoms with Gasteiger partial charge in [-0.3, -0.25) is 4.79 Å². The van der Waals surface area contributed by atoms with Gasteiger partial charge in [-0.1, -0.05) is 11.6 Å². The van der Waals surface area contributed by atoms with Crippen LogP contribution in [-0.4, -0.2) is 14.7 Å². The number of hydrogen-bond acceptors (Lipinski definition) is 2. The highest BCUT2D eigenvalue weighted by Gasteiger charge is 2.14. The average molecular weight is 190 g/mol. The van der Waals surface area contributed by atoms with Crippen LogP contribution in [0.1, 0.15) is 0 Å². The molecule has 0 aliphatic carbocycles. The number of nitrogens with zero attached hydrogens (tertiary/aromatic N) is 2. The third kappa shape index (κ3) is 1.45.